The van der Waals surface area contributed by atoms with Gasteiger partial charge in [-0.15, -0.1) is 0 Å². The van der Waals surface area contributed by atoms with Crippen LogP contribution in [0.4, 0.5) is 0 Å². The molecule has 0 aromatic heterocycles. The van der Waals surface area contributed by atoms with Gasteiger partial charge in [-0.2, -0.15) is 0 Å². The van der Waals surface area contributed by atoms with Crippen LogP contribution in [0.3, 0.4) is 0 Å². The lowest BCUT2D eigenvalue weighted by molar-refractivity contribution is -0.308. The Morgan fingerprint density at radius 3 is 2.36 bits per heavy atom. The molecule has 0 aromatic carbocycles. The van der Waals surface area contributed by atoms with Crippen LogP contribution < -0.4 is 10.4 Å². The van der Waals surface area contributed by atoms with Crippen LogP contribution in [0, 0.1) is 5.92 Å². The smallest absolute Gasteiger partial charge is 0.0584 e. The molecule has 11 heavy (non-hydrogen) atoms. The highest BCUT2D eigenvalue weighted by atomic mass is 16.4. The third-order valence-corrected chi connectivity index (χ3v) is 1.47. The first-order valence-electron chi connectivity index (χ1n) is 4.02. The van der Waals surface area contributed by atoms with E-state index in [-0.39, 0.29) is 0 Å². The topological polar surface area (TPSA) is 52.2 Å². The lowest BCUT2D eigenvalue weighted by Gasteiger charge is -2.18. The highest BCUT2D eigenvalue weighted by molar-refractivity contribution is 5.70. The molecule has 0 saturated heterocycles. The van der Waals surface area contributed by atoms with Gasteiger partial charge in [0.1, 0.15) is 0 Å². The Labute approximate surface area is 67.8 Å². The van der Waals surface area contributed by atoms with Gasteiger partial charge >= 0.3 is 0 Å². The molecule has 0 aromatic rings. The van der Waals surface area contributed by atoms with Crippen LogP contribution in [-0.2, 0) is 4.79 Å². The highest BCUT2D eigenvalue weighted by Gasteiger charge is 2.05. The minimum Gasteiger partial charge on any atom is -0.548 e. The SMILES string of the molecule is CCC(NCC(C)C)C(=O)[O-]. The predicted octanol–water partition coefficient (Wildman–Crippen LogP) is -0.239. The minimum atomic E-state index is -1.01. The molecule has 0 spiro atoms. The molecule has 1 unspecified atom stereocenters. The van der Waals surface area contributed by atoms with Gasteiger partial charge in [0.2, 0.25) is 0 Å². The van der Waals surface area contributed by atoms with Crippen molar-refractivity contribution in [1.82, 2.24) is 5.32 Å². The van der Waals surface area contributed by atoms with Crippen LogP contribution in [0.5, 0.6) is 0 Å². The van der Waals surface area contributed by atoms with Gasteiger partial charge in [-0.05, 0) is 18.9 Å². The van der Waals surface area contributed by atoms with E-state index < -0.39 is 12.0 Å². The summed E-state index contributed by atoms with van der Waals surface area (Å²) in [7, 11) is 0. The second-order valence-electron chi connectivity index (χ2n) is 3.08. The summed E-state index contributed by atoms with van der Waals surface area (Å²) in [5.41, 5.74) is 0. The van der Waals surface area contributed by atoms with Crippen LogP contribution in [-0.4, -0.2) is 18.6 Å². The van der Waals surface area contributed by atoms with E-state index in [2.05, 4.69) is 5.32 Å². The average Bonchev–Trinajstić information content (AvgIpc) is 1.87. The molecule has 0 aliphatic rings. The largest absolute Gasteiger partial charge is 0.548 e. The highest BCUT2D eigenvalue weighted by Crippen LogP contribution is 1.92. The maximum absolute atomic E-state index is 10.4. The third kappa shape index (κ3) is 4.79. The van der Waals surface area contributed by atoms with Gasteiger partial charge < -0.3 is 15.2 Å². The van der Waals surface area contributed by atoms with Crippen molar-refractivity contribution in [2.75, 3.05) is 6.54 Å². The van der Waals surface area contributed by atoms with E-state index in [1.165, 1.54) is 0 Å². The lowest BCUT2D eigenvalue weighted by atomic mass is 10.2. The Morgan fingerprint density at radius 2 is 2.09 bits per heavy atom. The fourth-order valence-electron chi connectivity index (χ4n) is 0.772. The molecule has 1 atom stereocenters. The average molecular weight is 158 g/mol. The quantitative estimate of drug-likeness (QED) is 0.601. The van der Waals surface area contributed by atoms with Crippen molar-refractivity contribution in [3.63, 3.8) is 0 Å². The molecule has 0 saturated carbocycles. The van der Waals surface area contributed by atoms with E-state index in [9.17, 15) is 9.90 Å². The van der Waals surface area contributed by atoms with Crippen molar-refractivity contribution in [3.8, 4) is 0 Å². The molecule has 0 aliphatic carbocycles. The number of carboxylic acids is 1. The number of hydrogen-bond donors (Lipinski definition) is 1. The standard InChI is InChI=1S/C8H17NO2/c1-4-7(8(10)11)9-5-6(2)3/h6-7,9H,4-5H2,1-3H3,(H,10,11)/p-1. The molecular weight excluding hydrogens is 142 g/mol. The molecule has 0 heterocycles. The van der Waals surface area contributed by atoms with Gasteiger partial charge in [0, 0.05) is 6.04 Å². The zero-order valence-corrected chi connectivity index (χ0v) is 7.39. The van der Waals surface area contributed by atoms with E-state index in [1.807, 2.05) is 20.8 Å². The van der Waals surface area contributed by atoms with E-state index in [0.717, 1.165) is 6.54 Å². The Hall–Kier alpha value is -0.570. The molecule has 0 bridgehead atoms. The summed E-state index contributed by atoms with van der Waals surface area (Å²) in [6.45, 7) is 6.63. The maximum Gasteiger partial charge on any atom is 0.0584 e. The fourth-order valence-corrected chi connectivity index (χ4v) is 0.772. The second-order valence-corrected chi connectivity index (χ2v) is 3.08. The summed E-state index contributed by atoms with van der Waals surface area (Å²) in [6.07, 6.45) is 0.578. The number of nitrogens with one attached hydrogen (secondary N) is 1. The molecule has 0 amide bonds. The van der Waals surface area contributed by atoms with E-state index in [0.29, 0.717) is 12.3 Å². The van der Waals surface area contributed by atoms with Crippen molar-refractivity contribution in [3.05, 3.63) is 0 Å². The van der Waals surface area contributed by atoms with Gasteiger partial charge in [0.05, 0.1) is 5.97 Å². The summed E-state index contributed by atoms with van der Waals surface area (Å²) < 4.78 is 0. The molecule has 0 radical (unpaired) electrons. The minimum absolute atomic E-state index is 0.475. The number of carboxylic acid groups (broad SMARTS) is 1. The van der Waals surface area contributed by atoms with Gasteiger partial charge in [-0.3, -0.25) is 0 Å². The Kier molecular flexibility index (Phi) is 4.86. The van der Waals surface area contributed by atoms with Gasteiger partial charge in [-0.25, -0.2) is 0 Å². The Morgan fingerprint density at radius 1 is 1.55 bits per heavy atom. The zero-order valence-electron chi connectivity index (χ0n) is 7.39. The molecule has 3 nitrogen and oxygen atoms in total. The summed E-state index contributed by atoms with van der Waals surface area (Å²) in [5.74, 6) is -0.531. The van der Waals surface area contributed by atoms with Gasteiger partial charge in [-0.1, -0.05) is 20.8 Å². The van der Waals surface area contributed by atoms with Crippen LogP contribution >= 0.6 is 0 Å². The van der Waals surface area contributed by atoms with Crippen LogP contribution in [0.1, 0.15) is 27.2 Å². The molecule has 1 N–H and O–H groups in total. The fraction of sp³-hybridized carbons (Fsp3) is 0.875. The van der Waals surface area contributed by atoms with Crippen LogP contribution in [0.15, 0.2) is 0 Å². The first-order valence-corrected chi connectivity index (χ1v) is 4.02. The maximum atomic E-state index is 10.4. The van der Waals surface area contributed by atoms with Crippen LogP contribution in [0.25, 0.3) is 0 Å². The van der Waals surface area contributed by atoms with E-state index >= 15 is 0 Å². The summed E-state index contributed by atoms with van der Waals surface area (Å²) in [6, 6.07) is -0.489. The normalized spacial score (nSPS) is 13.5. The Balaban J connectivity index is 3.61. The second kappa shape index (κ2) is 5.13. The van der Waals surface area contributed by atoms with Gasteiger partial charge in [0.25, 0.3) is 0 Å². The first-order chi connectivity index (χ1) is 5.07. The van der Waals surface area contributed by atoms with Crippen molar-refractivity contribution in [1.29, 1.82) is 0 Å². The van der Waals surface area contributed by atoms with Gasteiger partial charge in [0.15, 0.2) is 0 Å². The molecule has 0 fully saturated rings. The summed E-state index contributed by atoms with van der Waals surface area (Å²) >= 11 is 0. The first kappa shape index (κ1) is 10.4. The number of rotatable bonds is 5. The monoisotopic (exact) mass is 158 g/mol. The van der Waals surface area contributed by atoms with Crippen molar-refractivity contribution in [2.45, 2.75) is 33.2 Å². The van der Waals surface area contributed by atoms with E-state index in [4.69, 9.17) is 0 Å². The molecule has 0 rings (SSSR count). The zero-order chi connectivity index (χ0) is 8.85. The predicted molar refractivity (Wildman–Crippen MR) is 41.9 cm³/mol. The molecule has 3 heteroatoms. The number of hydrogen-bond acceptors (Lipinski definition) is 3. The summed E-state index contributed by atoms with van der Waals surface area (Å²) in [4.78, 5) is 10.4. The summed E-state index contributed by atoms with van der Waals surface area (Å²) in [5, 5.41) is 13.3. The number of aliphatic carboxylic acids is 1. The number of carbonyl (C=O) groups excluding carboxylic acids is 1. The number of carbonyl (C=O) groups is 1. The molecule has 0 aliphatic heterocycles. The lowest BCUT2D eigenvalue weighted by Crippen LogP contribution is -2.46. The third-order valence-electron chi connectivity index (χ3n) is 1.47. The molecular formula is C8H16NO2-. The van der Waals surface area contributed by atoms with Crippen molar-refractivity contribution < 1.29 is 9.90 Å². The Bertz CT molecular complexity index is 123. The van der Waals surface area contributed by atoms with Crippen molar-refractivity contribution in [2.24, 2.45) is 5.92 Å². The van der Waals surface area contributed by atoms with E-state index in [1.54, 1.807) is 0 Å². The van der Waals surface area contributed by atoms with Crippen molar-refractivity contribution >= 4 is 5.97 Å². The van der Waals surface area contributed by atoms with Crippen LogP contribution in [0.2, 0.25) is 0 Å². The molecule has 66 valence electrons.